The van der Waals surface area contributed by atoms with Gasteiger partial charge in [0, 0.05) is 5.02 Å². The molecule has 0 saturated heterocycles. The molecule has 1 aliphatic carbocycles. The highest BCUT2D eigenvalue weighted by Gasteiger charge is 2.35. The smallest absolute Gasteiger partial charge is 0.126 e. The van der Waals surface area contributed by atoms with E-state index in [0.29, 0.717) is 22.9 Å². The molecule has 1 aromatic carbocycles. The second-order valence-electron chi connectivity index (χ2n) is 5.49. The largest absolute Gasteiger partial charge is 0.207 e. The Morgan fingerprint density at radius 1 is 1.44 bits per heavy atom. The minimum absolute atomic E-state index is 0.257. The summed E-state index contributed by atoms with van der Waals surface area (Å²) in [6.45, 7) is 2.21. The molecule has 0 radical (unpaired) electrons. The van der Waals surface area contributed by atoms with Gasteiger partial charge in [0.2, 0.25) is 0 Å². The normalized spacial score (nSPS) is 27.8. The van der Waals surface area contributed by atoms with Crippen LogP contribution in [0.25, 0.3) is 0 Å². The van der Waals surface area contributed by atoms with Gasteiger partial charge in [0.1, 0.15) is 5.82 Å². The Kier molecular flexibility index (Phi) is 3.92. The lowest BCUT2D eigenvalue weighted by Gasteiger charge is -2.33. The van der Waals surface area contributed by atoms with Crippen molar-refractivity contribution in [3.63, 3.8) is 0 Å². The third kappa shape index (κ3) is 2.84. The van der Waals surface area contributed by atoms with E-state index in [4.69, 9.17) is 11.6 Å². The fourth-order valence-electron chi connectivity index (χ4n) is 2.69. The number of nitriles is 1. The first-order valence-electron chi connectivity index (χ1n) is 6.40. The average Bonchev–Trinajstić information content (AvgIpc) is 2.37. The summed E-state index contributed by atoms with van der Waals surface area (Å²) >= 11 is 5.90. The minimum atomic E-state index is -0.405. The molecule has 1 aliphatic rings. The zero-order valence-electron chi connectivity index (χ0n) is 10.5. The molecule has 3 heteroatoms. The molecule has 0 N–H and O–H groups in total. The lowest BCUT2D eigenvalue weighted by Crippen LogP contribution is -2.28. The predicted molar refractivity (Wildman–Crippen MR) is 70.8 cm³/mol. The maximum atomic E-state index is 13.7. The van der Waals surface area contributed by atoms with Crippen LogP contribution >= 0.6 is 11.6 Å². The molecular formula is C15H17ClFN. The zero-order chi connectivity index (χ0) is 13.2. The molecule has 0 aromatic heterocycles. The van der Waals surface area contributed by atoms with Crippen LogP contribution < -0.4 is 0 Å². The third-order valence-electron chi connectivity index (χ3n) is 4.01. The highest BCUT2D eigenvalue weighted by Crippen LogP contribution is 2.41. The monoisotopic (exact) mass is 265 g/mol. The molecule has 0 spiro atoms. The molecule has 0 aliphatic heterocycles. The Bertz CT molecular complexity index is 470. The maximum Gasteiger partial charge on any atom is 0.126 e. The van der Waals surface area contributed by atoms with Gasteiger partial charge in [-0.2, -0.15) is 5.26 Å². The Hall–Kier alpha value is -1.07. The molecule has 0 bridgehead atoms. The quantitative estimate of drug-likeness (QED) is 0.758. The summed E-state index contributed by atoms with van der Waals surface area (Å²) in [6.07, 6.45) is 4.29. The van der Waals surface area contributed by atoms with Gasteiger partial charge < -0.3 is 0 Å². The summed E-state index contributed by atoms with van der Waals surface area (Å²) in [7, 11) is 0. The molecule has 1 aromatic rings. The average molecular weight is 266 g/mol. The van der Waals surface area contributed by atoms with Gasteiger partial charge in [-0.25, -0.2) is 4.39 Å². The Labute approximate surface area is 113 Å². The number of hydrogen-bond acceptors (Lipinski definition) is 1. The van der Waals surface area contributed by atoms with Gasteiger partial charge in [-0.1, -0.05) is 18.5 Å². The van der Waals surface area contributed by atoms with Crippen molar-refractivity contribution in [1.82, 2.24) is 0 Å². The van der Waals surface area contributed by atoms with Gasteiger partial charge in [0.05, 0.1) is 11.5 Å². The summed E-state index contributed by atoms with van der Waals surface area (Å²) in [5, 5.41) is 9.98. The molecular weight excluding hydrogens is 249 g/mol. The van der Waals surface area contributed by atoms with Crippen LogP contribution in [0.1, 0.15) is 38.2 Å². The summed E-state index contributed by atoms with van der Waals surface area (Å²) < 4.78 is 13.7. The van der Waals surface area contributed by atoms with E-state index in [9.17, 15) is 9.65 Å². The maximum absolute atomic E-state index is 13.7. The number of nitrogens with zero attached hydrogens (tertiary/aromatic N) is 1. The molecule has 1 fully saturated rings. The van der Waals surface area contributed by atoms with Crippen LogP contribution in [-0.4, -0.2) is 0 Å². The minimum Gasteiger partial charge on any atom is -0.207 e. The van der Waals surface area contributed by atoms with E-state index >= 15 is 0 Å². The van der Waals surface area contributed by atoms with Crippen LogP contribution in [0.2, 0.25) is 5.02 Å². The number of halogens is 2. The lowest BCUT2D eigenvalue weighted by molar-refractivity contribution is 0.217. The van der Waals surface area contributed by atoms with Crippen LogP contribution in [0.3, 0.4) is 0 Å². The number of hydrogen-bond donors (Lipinski definition) is 0. The van der Waals surface area contributed by atoms with Crippen LogP contribution in [-0.2, 0) is 6.42 Å². The fraction of sp³-hybridized carbons (Fsp3) is 0.533. The molecule has 1 nitrogen and oxygen atoms in total. The Balaban J connectivity index is 2.21. The number of benzene rings is 1. The van der Waals surface area contributed by atoms with Gasteiger partial charge in [0.15, 0.2) is 0 Å². The van der Waals surface area contributed by atoms with Crippen molar-refractivity contribution < 1.29 is 4.39 Å². The molecule has 0 heterocycles. The third-order valence-corrected chi connectivity index (χ3v) is 4.24. The van der Waals surface area contributed by atoms with E-state index in [0.717, 1.165) is 25.7 Å². The van der Waals surface area contributed by atoms with Crippen molar-refractivity contribution in [2.24, 2.45) is 11.3 Å². The van der Waals surface area contributed by atoms with E-state index in [2.05, 4.69) is 13.0 Å². The van der Waals surface area contributed by atoms with Crippen molar-refractivity contribution in [3.05, 3.63) is 34.6 Å². The Morgan fingerprint density at radius 2 is 2.11 bits per heavy atom. The second-order valence-corrected chi connectivity index (χ2v) is 5.92. The summed E-state index contributed by atoms with van der Waals surface area (Å²) in [5.74, 6) is 0.420. The fourth-order valence-corrected chi connectivity index (χ4v) is 2.88. The first-order chi connectivity index (χ1) is 8.54. The van der Waals surface area contributed by atoms with Gasteiger partial charge in [-0.15, -0.1) is 0 Å². The standard InChI is InChI=1S/C15H17ClFN/c1-11-4-6-15(10-18,7-5-11)9-12-8-13(16)2-3-14(12)17/h2-3,8,11H,4-7,9H2,1H3. The summed E-state index contributed by atoms with van der Waals surface area (Å²) in [6, 6.07) is 7.00. The Morgan fingerprint density at radius 3 is 2.72 bits per heavy atom. The van der Waals surface area contributed by atoms with Crippen molar-refractivity contribution in [3.8, 4) is 6.07 Å². The van der Waals surface area contributed by atoms with Gasteiger partial charge in [-0.3, -0.25) is 0 Å². The molecule has 0 atom stereocenters. The van der Waals surface area contributed by atoms with E-state index in [-0.39, 0.29) is 5.82 Å². The highest BCUT2D eigenvalue weighted by molar-refractivity contribution is 6.30. The van der Waals surface area contributed by atoms with E-state index < -0.39 is 5.41 Å². The second kappa shape index (κ2) is 5.28. The van der Waals surface area contributed by atoms with Gasteiger partial charge in [0.25, 0.3) is 0 Å². The summed E-state index contributed by atoms with van der Waals surface area (Å²) in [5.41, 5.74) is 0.163. The van der Waals surface area contributed by atoms with Crippen LogP contribution in [0, 0.1) is 28.5 Å². The van der Waals surface area contributed by atoms with Crippen LogP contribution in [0.15, 0.2) is 18.2 Å². The summed E-state index contributed by atoms with van der Waals surface area (Å²) in [4.78, 5) is 0. The highest BCUT2D eigenvalue weighted by atomic mass is 35.5. The molecule has 0 amide bonds. The van der Waals surface area contributed by atoms with E-state index in [1.807, 2.05) is 0 Å². The number of rotatable bonds is 2. The van der Waals surface area contributed by atoms with Crippen molar-refractivity contribution >= 4 is 11.6 Å². The molecule has 1 saturated carbocycles. The SMILES string of the molecule is CC1CCC(C#N)(Cc2cc(Cl)ccc2F)CC1. The van der Waals surface area contributed by atoms with Crippen LogP contribution in [0.5, 0.6) is 0 Å². The van der Waals surface area contributed by atoms with E-state index in [1.165, 1.54) is 6.07 Å². The predicted octanol–water partition coefficient (Wildman–Crippen LogP) is 4.74. The van der Waals surface area contributed by atoms with Gasteiger partial charge in [-0.05, 0) is 61.8 Å². The van der Waals surface area contributed by atoms with Crippen molar-refractivity contribution in [1.29, 1.82) is 5.26 Å². The van der Waals surface area contributed by atoms with Gasteiger partial charge >= 0.3 is 0 Å². The molecule has 96 valence electrons. The molecule has 2 rings (SSSR count). The molecule has 18 heavy (non-hydrogen) atoms. The van der Waals surface area contributed by atoms with Crippen LogP contribution in [0.4, 0.5) is 4.39 Å². The van der Waals surface area contributed by atoms with E-state index in [1.54, 1.807) is 12.1 Å². The van der Waals surface area contributed by atoms with Crippen molar-refractivity contribution in [2.75, 3.05) is 0 Å². The molecule has 0 unspecified atom stereocenters. The lowest BCUT2D eigenvalue weighted by atomic mass is 9.69. The first kappa shape index (κ1) is 13.4. The van der Waals surface area contributed by atoms with Crippen molar-refractivity contribution in [2.45, 2.75) is 39.0 Å². The zero-order valence-corrected chi connectivity index (χ0v) is 11.3. The topological polar surface area (TPSA) is 23.8 Å². The first-order valence-corrected chi connectivity index (χ1v) is 6.78.